The lowest BCUT2D eigenvalue weighted by Crippen LogP contribution is -2.33. The maximum absolute atomic E-state index is 11.1. The van der Waals surface area contributed by atoms with E-state index in [1.807, 2.05) is 25.7 Å². The Hall–Kier alpha value is -0.900. The highest BCUT2D eigenvalue weighted by molar-refractivity contribution is 7.11. The lowest BCUT2D eigenvalue weighted by atomic mass is 10.2. The molecule has 15 heavy (non-hydrogen) atoms. The van der Waals surface area contributed by atoms with Gasteiger partial charge in [-0.1, -0.05) is 13.8 Å². The zero-order valence-corrected chi connectivity index (χ0v) is 10.6. The summed E-state index contributed by atoms with van der Waals surface area (Å²) in [4.78, 5) is 18.7. The van der Waals surface area contributed by atoms with E-state index in [2.05, 4.69) is 4.98 Å². The Bertz CT molecular complexity index is 346. The molecule has 84 valence electrons. The van der Waals surface area contributed by atoms with Crippen LogP contribution in [0, 0.1) is 6.92 Å². The van der Waals surface area contributed by atoms with E-state index < -0.39 is 0 Å². The van der Waals surface area contributed by atoms with Gasteiger partial charge in [-0.05, 0) is 6.92 Å². The number of aryl methyl sites for hydroxylation is 1. The zero-order valence-electron chi connectivity index (χ0n) is 9.83. The van der Waals surface area contributed by atoms with E-state index in [4.69, 9.17) is 0 Å². The summed E-state index contributed by atoms with van der Waals surface area (Å²) < 4.78 is 0. The second kappa shape index (κ2) is 5.26. The first-order chi connectivity index (χ1) is 7.16. The number of thiazole rings is 1. The van der Waals surface area contributed by atoms with Gasteiger partial charge in [-0.3, -0.25) is 4.79 Å². The molecule has 3 nitrogen and oxygen atoms in total. The van der Waals surface area contributed by atoms with E-state index in [1.165, 1.54) is 10.6 Å². The fraction of sp³-hybridized carbons (Fsp3) is 0.636. The van der Waals surface area contributed by atoms with Crippen molar-refractivity contribution in [2.24, 2.45) is 0 Å². The lowest BCUT2D eigenvalue weighted by molar-refractivity contribution is -0.129. The SMILES string of the molecule is CC.CC(=O)N1CCc2nc(C)sc2C1. The molecule has 1 amide bonds. The van der Waals surface area contributed by atoms with Gasteiger partial charge in [-0.2, -0.15) is 0 Å². The Kier molecular flexibility index (Phi) is 4.27. The van der Waals surface area contributed by atoms with Crippen molar-refractivity contribution in [3.05, 3.63) is 15.6 Å². The standard InChI is InChI=1S/C9H12N2OS.C2H6/c1-6-10-8-3-4-11(7(2)12)5-9(8)13-6;1-2/h3-5H2,1-2H3;1-2H3. The highest BCUT2D eigenvalue weighted by Crippen LogP contribution is 2.24. The van der Waals surface area contributed by atoms with Crippen LogP contribution in [0.25, 0.3) is 0 Å². The molecule has 4 heteroatoms. The zero-order chi connectivity index (χ0) is 11.4. The first-order valence-electron chi connectivity index (χ1n) is 5.37. The molecule has 0 saturated heterocycles. The molecule has 2 heterocycles. The Morgan fingerprint density at radius 3 is 2.73 bits per heavy atom. The molecular weight excluding hydrogens is 208 g/mol. The monoisotopic (exact) mass is 226 g/mol. The van der Waals surface area contributed by atoms with E-state index in [1.54, 1.807) is 18.3 Å². The van der Waals surface area contributed by atoms with Gasteiger partial charge >= 0.3 is 0 Å². The molecule has 0 spiro atoms. The Balaban J connectivity index is 0.000000531. The minimum absolute atomic E-state index is 0.164. The normalized spacial score (nSPS) is 14.0. The molecule has 0 unspecified atom stereocenters. The predicted octanol–water partition coefficient (Wildman–Crippen LogP) is 2.38. The average molecular weight is 226 g/mol. The molecular formula is C11H18N2OS. The first kappa shape index (κ1) is 12.2. The molecule has 0 radical (unpaired) electrons. The molecule has 0 bridgehead atoms. The van der Waals surface area contributed by atoms with Crippen LogP contribution in [-0.2, 0) is 17.8 Å². The average Bonchev–Trinajstić information content (AvgIpc) is 2.59. The summed E-state index contributed by atoms with van der Waals surface area (Å²) >= 11 is 1.71. The third-order valence-corrected chi connectivity index (χ3v) is 3.28. The fourth-order valence-corrected chi connectivity index (χ4v) is 2.59. The van der Waals surface area contributed by atoms with Gasteiger partial charge in [0.25, 0.3) is 0 Å². The Labute approximate surface area is 95.1 Å². The summed E-state index contributed by atoms with van der Waals surface area (Å²) in [7, 11) is 0. The van der Waals surface area contributed by atoms with Crippen molar-refractivity contribution < 1.29 is 4.79 Å². The van der Waals surface area contributed by atoms with Gasteiger partial charge in [0.2, 0.25) is 5.91 Å². The molecule has 1 aromatic heterocycles. The topological polar surface area (TPSA) is 33.2 Å². The van der Waals surface area contributed by atoms with Gasteiger partial charge in [0, 0.05) is 24.8 Å². The molecule has 0 fully saturated rings. The Morgan fingerprint density at radius 2 is 2.13 bits per heavy atom. The largest absolute Gasteiger partial charge is 0.337 e. The molecule has 0 aromatic carbocycles. The molecule has 0 atom stereocenters. The van der Waals surface area contributed by atoms with Crippen LogP contribution in [0.1, 0.15) is 36.3 Å². The summed E-state index contributed by atoms with van der Waals surface area (Å²) in [5.41, 5.74) is 1.19. The van der Waals surface area contributed by atoms with Crippen LogP contribution in [0.2, 0.25) is 0 Å². The number of rotatable bonds is 0. The summed E-state index contributed by atoms with van der Waals surface area (Å²) in [6, 6.07) is 0. The van der Waals surface area contributed by atoms with Crippen LogP contribution in [0.4, 0.5) is 0 Å². The van der Waals surface area contributed by atoms with E-state index in [0.29, 0.717) is 0 Å². The van der Waals surface area contributed by atoms with Crippen LogP contribution >= 0.6 is 11.3 Å². The fourth-order valence-electron chi connectivity index (χ4n) is 1.59. The second-order valence-corrected chi connectivity index (χ2v) is 4.58. The van der Waals surface area contributed by atoms with Crippen LogP contribution in [0.15, 0.2) is 0 Å². The van der Waals surface area contributed by atoms with Crippen LogP contribution in [0.3, 0.4) is 0 Å². The van der Waals surface area contributed by atoms with Gasteiger partial charge in [-0.25, -0.2) is 4.98 Å². The van der Waals surface area contributed by atoms with Crippen molar-refractivity contribution >= 4 is 17.2 Å². The maximum atomic E-state index is 11.1. The minimum Gasteiger partial charge on any atom is -0.337 e. The van der Waals surface area contributed by atoms with Gasteiger partial charge in [0.1, 0.15) is 0 Å². The molecule has 1 aromatic rings. The van der Waals surface area contributed by atoms with E-state index >= 15 is 0 Å². The molecule has 0 saturated carbocycles. The first-order valence-corrected chi connectivity index (χ1v) is 6.19. The molecule has 1 aliphatic heterocycles. The third kappa shape index (κ3) is 2.78. The maximum Gasteiger partial charge on any atom is 0.219 e. The van der Waals surface area contributed by atoms with Gasteiger partial charge in [-0.15, -0.1) is 11.3 Å². The lowest BCUT2D eigenvalue weighted by Gasteiger charge is -2.24. The number of fused-ring (bicyclic) bond motifs is 1. The third-order valence-electron chi connectivity index (χ3n) is 2.28. The van der Waals surface area contributed by atoms with Crippen LogP contribution < -0.4 is 0 Å². The number of aromatic nitrogens is 1. The van der Waals surface area contributed by atoms with E-state index in [-0.39, 0.29) is 5.91 Å². The number of hydrogen-bond acceptors (Lipinski definition) is 3. The van der Waals surface area contributed by atoms with Crippen molar-refractivity contribution in [1.29, 1.82) is 0 Å². The number of hydrogen-bond donors (Lipinski definition) is 0. The van der Waals surface area contributed by atoms with Crippen molar-refractivity contribution in [1.82, 2.24) is 9.88 Å². The van der Waals surface area contributed by atoms with E-state index in [9.17, 15) is 4.79 Å². The van der Waals surface area contributed by atoms with E-state index in [0.717, 1.165) is 24.5 Å². The Morgan fingerprint density at radius 1 is 1.47 bits per heavy atom. The quantitative estimate of drug-likeness (QED) is 0.680. The highest BCUT2D eigenvalue weighted by Gasteiger charge is 2.20. The van der Waals surface area contributed by atoms with Crippen molar-refractivity contribution in [2.45, 2.75) is 40.7 Å². The summed E-state index contributed by atoms with van der Waals surface area (Å²) in [6.07, 6.45) is 0.916. The second-order valence-electron chi connectivity index (χ2n) is 3.29. The smallest absolute Gasteiger partial charge is 0.219 e. The molecule has 2 rings (SSSR count). The van der Waals surface area contributed by atoms with Crippen molar-refractivity contribution in [3.8, 4) is 0 Å². The summed E-state index contributed by atoms with van der Waals surface area (Å²) in [5.74, 6) is 0.164. The number of amides is 1. The van der Waals surface area contributed by atoms with Crippen LogP contribution in [-0.4, -0.2) is 22.3 Å². The molecule has 0 aliphatic carbocycles. The molecule has 0 N–H and O–H groups in total. The predicted molar refractivity (Wildman–Crippen MR) is 63.0 cm³/mol. The minimum atomic E-state index is 0.164. The molecule has 1 aliphatic rings. The van der Waals surface area contributed by atoms with Crippen molar-refractivity contribution in [3.63, 3.8) is 0 Å². The number of carbonyl (C=O) groups excluding carboxylic acids is 1. The van der Waals surface area contributed by atoms with Gasteiger partial charge in [0.15, 0.2) is 0 Å². The summed E-state index contributed by atoms with van der Waals surface area (Å²) in [5, 5.41) is 1.11. The number of carbonyl (C=O) groups is 1. The highest BCUT2D eigenvalue weighted by atomic mass is 32.1. The van der Waals surface area contributed by atoms with Crippen molar-refractivity contribution in [2.75, 3.05) is 6.54 Å². The number of nitrogens with zero attached hydrogens (tertiary/aromatic N) is 2. The van der Waals surface area contributed by atoms with Gasteiger partial charge < -0.3 is 4.90 Å². The van der Waals surface area contributed by atoms with Gasteiger partial charge in [0.05, 0.1) is 17.2 Å². The summed E-state index contributed by atoms with van der Waals surface area (Å²) in [6.45, 7) is 9.22. The van der Waals surface area contributed by atoms with Crippen LogP contribution in [0.5, 0.6) is 0 Å².